The van der Waals surface area contributed by atoms with E-state index < -0.39 is 5.97 Å². The van der Waals surface area contributed by atoms with Gasteiger partial charge in [0.05, 0.1) is 5.51 Å². The first-order valence-corrected chi connectivity index (χ1v) is 6.01. The minimum Gasteiger partial charge on any atom is -0.476 e. The summed E-state index contributed by atoms with van der Waals surface area (Å²) >= 11 is 1.12. The highest BCUT2D eigenvalue weighted by atomic mass is 32.1. The van der Waals surface area contributed by atoms with Crippen LogP contribution in [0.15, 0.2) is 35.8 Å². The van der Waals surface area contributed by atoms with Gasteiger partial charge in [-0.05, 0) is 12.1 Å². The Balaban J connectivity index is 2.52. The summed E-state index contributed by atoms with van der Waals surface area (Å²) in [5, 5.41) is 9.36. The van der Waals surface area contributed by atoms with Crippen molar-refractivity contribution in [2.75, 3.05) is 4.90 Å². The number of carbonyl (C=O) groups is 2. The molecule has 0 aliphatic rings. The second kappa shape index (κ2) is 4.97. The lowest BCUT2D eigenvalue weighted by atomic mass is 10.3. The summed E-state index contributed by atoms with van der Waals surface area (Å²) in [7, 11) is 0. The van der Waals surface area contributed by atoms with Gasteiger partial charge in [-0.15, -0.1) is 11.3 Å². The van der Waals surface area contributed by atoms with Crippen molar-refractivity contribution in [1.82, 2.24) is 4.98 Å². The van der Waals surface area contributed by atoms with Crippen LogP contribution in [-0.4, -0.2) is 22.0 Å². The Morgan fingerprint density at radius 3 is 2.50 bits per heavy atom. The number of anilines is 2. The molecule has 0 bridgehead atoms. The summed E-state index contributed by atoms with van der Waals surface area (Å²) in [5.41, 5.74) is 1.92. The van der Waals surface area contributed by atoms with Gasteiger partial charge in [-0.3, -0.25) is 9.69 Å². The van der Waals surface area contributed by atoms with Gasteiger partial charge in [0.1, 0.15) is 5.00 Å². The fourth-order valence-electron chi connectivity index (χ4n) is 1.56. The predicted molar refractivity (Wildman–Crippen MR) is 68.3 cm³/mol. The number of para-hydroxylation sites is 1. The van der Waals surface area contributed by atoms with Crippen LogP contribution >= 0.6 is 11.3 Å². The molecule has 6 heteroatoms. The van der Waals surface area contributed by atoms with E-state index in [0.717, 1.165) is 11.3 Å². The molecule has 0 unspecified atom stereocenters. The first-order chi connectivity index (χ1) is 8.61. The lowest BCUT2D eigenvalue weighted by Crippen LogP contribution is -2.23. The zero-order valence-electron chi connectivity index (χ0n) is 9.53. The lowest BCUT2D eigenvalue weighted by Gasteiger charge is -2.19. The minimum atomic E-state index is -1.14. The van der Waals surface area contributed by atoms with Crippen LogP contribution in [0.1, 0.15) is 17.4 Å². The molecule has 0 aliphatic carbocycles. The van der Waals surface area contributed by atoms with Gasteiger partial charge in [-0.2, -0.15) is 0 Å². The van der Waals surface area contributed by atoms with E-state index in [-0.39, 0.29) is 11.6 Å². The highest BCUT2D eigenvalue weighted by molar-refractivity contribution is 7.14. The van der Waals surface area contributed by atoms with E-state index in [1.807, 2.05) is 6.07 Å². The summed E-state index contributed by atoms with van der Waals surface area (Å²) in [6, 6.07) is 8.88. The molecular weight excluding hydrogens is 252 g/mol. The Morgan fingerprint density at radius 2 is 1.94 bits per heavy atom. The topological polar surface area (TPSA) is 70.5 Å². The van der Waals surface area contributed by atoms with Crippen molar-refractivity contribution >= 4 is 33.9 Å². The van der Waals surface area contributed by atoms with E-state index >= 15 is 0 Å². The molecule has 92 valence electrons. The van der Waals surface area contributed by atoms with Crippen molar-refractivity contribution in [3.05, 3.63) is 41.5 Å². The molecule has 1 N–H and O–H groups in total. The van der Waals surface area contributed by atoms with E-state index in [4.69, 9.17) is 5.11 Å². The number of rotatable bonds is 3. The molecule has 0 spiro atoms. The summed E-state index contributed by atoms with van der Waals surface area (Å²) in [5.74, 6) is -1.40. The van der Waals surface area contributed by atoms with Gasteiger partial charge in [0, 0.05) is 12.6 Å². The standard InChI is InChI=1S/C12H10N2O3S/c1-8(15)14(9-5-3-2-4-6-9)11-10(12(16)17)13-7-18-11/h2-7H,1H3,(H,16,17). The molecule has 5 nitrogen and oxygen atoms in total. The zero-order chi connectivity index (χ0) is 13.1. The number of amides is 1. The molecule has 2 aromatic rings. The lowest BCUT2D eigenvalue weighted by molar-refractivity contribution is -0.115. The third kappa shape index (κ3) is 2.23. The molecular formula is C12H10N2O3S. The summed E-state index contributed by atoms with van der Waals surface area (Å²) in [6.07, 6.45) is 0. The molecule has 0 saturated carbocycles. The van der Waals surface area contributed by atoms with Crippen molar-refractivity contribution in [2.45, 2.75) is 6.92 Å². The zero-order valence-corrected chi connectivity index (χ0v) is 10.3. The molecule has 0 saturated heterocycles. The van der Waals surface area contributed by atoms with E-state index in [0.29, 0.717) is 10.7 Å². The third-order valence-corrected chi connectivity index (χ3v) is 3.09. The summed E-state index contributed by atoms with van der Waals surface area (Å²) < 4.78 is 0. The molecule has 0 radical (unpaired) electrons. The number of aromatic nitrogens is 1. The van der Waals surface area contributed by atoms with Crippen LogP contribution < -0.4 is 4.90 Å². The Hall–Kier alpha value is -2.21. The van der Waals surface area contributed by atoms with Gasteiger partial charge in [-0.1, -0.05) is 18.2 Å². The van der Waals surface area contributed by atoms with Crippen LogP contribution in [0.5, 0.6) is 0 Å². The second-order valence-corrected chi connectivity index (χ2v) is 4.33. The monoisotopic (exact) mass is 262 g/mol. The van der Waals surface area contributed by atoms with Crippen LogP contribution in [0.2, 0.25) is 0 Å². The van der Waals surface area contributed by atoms with Crippen LogP contribution in [0.25, 0.3) is 0 Å². The van der Waals surface area contributed by atoms with Crippen LogP contribution in [0.3, 0.4) is 0 Å². The van der Waals surface area contributed by atoms with Crippen molar-refractivity contribution in [2.24, 2.45) is 0 Å². The number of aromatic carboxylic acids is 1. The van der Waals surface area contributed by atoms with E-state index in [1.54, 1.807) is 24.3 Å². The summed E-state index contributed by atoms with van der Waals surface area (Å²) in [4.78, 5) is 27.9. The SMILES string of the molecule is CC(=O)N(c1ccccc1)c1scnc1C(=O)O. The van der Waals surface area contributed by atoms with Gasteiger partial charge in [0.15, 0.2) is 5.69 Å². The van der Waals surface area contributed by atoms with Gasteiger partial charge in [0.2, 0.25) is 5.91 Å². The number of carboxylic acid groups (broad SMARTS) is 1. The van der Waals surface area contributed by atoms with Gasteiger partial charge >= 0.3 is 5.97 Å². The fraction of sp³-hybridized carbons (Fsp3) is 0.0833. The number of nitrogens with zero attached hydrogens (tertiary/aromatic N) is 2. The summed E-state index contributed by atoms with van der Waals surface area (Å²) in [6.45, 7) is 1.39. The largest absolute Gasteiger partial charge is 0.476 e. The average Bonchev–Trinajstić information content (AvgIpc) is 2.79. The molecule has 0 atom stereocenters. The van der Waals surface area contributed by atoms with E-state index in [2.05, 4.69) is 4.98 Å². The van der Waals surface area contributed by atoms with Crippen LogP contribution in [-0.2, 0) is 4.79 Å². The van der Waals surface area contributed by atoms with Crippen LogP contribution in [0.4, 0.5) is 10.7 Å². The average molecular weight is 262 g/mol. The van der Waals surface area contributed by atoms with Gasteiger partial charge < -0.3 is 5.11 Å². The highest BCUT2D eigenvalue weighted by Gasteiger charge is 2.23. The molecule has 1 amide bonds. The van der Waals surface area contributed by atoms with E-state index in [9.17, 15) is 9.59 Å². The maximum Gasteiger partial charge on any atom is 0.357 e. The van der Waals surface area contributed by atoms with Crippen molar-refractivity contribution in [1.29, 1.82) is 0 Å². The van der Waals surface area contributed by atoms with Gasteiger partial charge in [0.25, 0.3) is 0 Å². The molecule has 2 rings (SSSR count). The second-order valence-electron chi connectivity index (χ2n) is 3.50. The van der Waals surface area contributed by atoms with E-state index in [1.165, 1.54) is 17.3 Å². The number of hydrogen-bond donors (Lipinski definition) is 1. The number of benzene rings is 1. The quantitative estimate of drug-likeness (QED) is 0.922. The first-order valence-electron chi connectivity index (χ1n) is 5.13. The Bertz CT molecular complexity index is 580. The molecule has 0 fully saturated rings. The maximum absolute atomic E-state index is 11.7. The Labute approximate surface area is 107 Å². The molecule has 1 aromatic carbocycles. The molecule has 1 heterocycles. The van der Waals surface area contributed by atoms with Crippen LogP contribution in [0, 0.1) is 0 Å². The highest BCUT2D eigenvalue weighted by Crippen LogP contribution is 2.32. The first kappa shape index (κ1) is 12.3. The molecule has 1 aromatic heterocycles. The van der Waals surface area contributed by atoms with Crippen molar-refractivity contribution in [3.63, 3.8) is 0 Å². The number of hydrogen-bond acceptors (Lipinski definition) is 4. The number of thiazole rings is 1. The predicted octanol–water partition coefficient (Wildman–Crippen LogP) is 2.53. The minimum absolute atomic E-state index is 0.112. The smallest absolute Gasteiger partial charge is 0.357 e. The Morgan fingerprint density at radius 1 is 1.28 bits per heavy atom. The maximum atomic E-state index is 11.7. The normalized spacial score (nSPS) is 10.1. The fourth-order valence-corrected chi connectivity index (χ4v) is 2.41. The van der Waals surface area contributed by atoms with Crippen molar-refractivity contribution in [3.8, 4) is 0 Å². The number of carbonyl (C=O) groups excluding carboxylic acids is 1. The van der Waals surface area contributed by atoms with Gasteiger partial charge in [-0.25, -0.2) is 9.78 Å². The molecule has 0 aliphatic heterocycles. The Kier molecular flexibility index (Phi) is 3.38. The number of carboxylic acids is 1. The molecule has 18 heavy (non-hydrogen) atoms. The third-order valence-electron chi connectivity index (χ3n) is 2.28. The van der Waals surface area contributed by atoms with Crippen molar-refractivity contribution < 1.29 is 14.7 Å².